The van der Waals surface area contributed by atoms with Crippen molar-refractivity contribution in [3.05, 3.63) is 11.1 Å². The zero-order valence-corrected chi connectivity index (χ0v) is 13.7. The largest absolute Gasteiger partial charge is 0.427 e. The zero-order valence-electron chi connectivity index (χ0n) is 12.9. The second kappa shape index (κ2) is 6.58. The van der Waals surface area contributed by atoms with Crippen LogP contribution in [0, 0.1) is 0 Å². The minimum absolute atomic E-state index is 0.292. The van der Waals surface area contributed by atoms with Crippen LogP contribution < -0.4 is 4.90 Å². The van der Waals surface area contributed by atoms with Crippen LogP contribution in [0.15, 0.2) is 6.20 Å². The van der Waals surface area contributed by atoms with Crippen molar-refractivity contribution < 1.29 is 22.8 Å². The van der Waals surface area contributed by atoms with Crippen LogP contribution in [0.25, 0.3) is 0 Å². The summed E-state index contributed by atoms with van der Waals surface area (Å²) in [6, 6.07) is 0. The summed E-state index contributed by atoms with van der Waals surface area (Å²) in [6.45, 7) is 2.57. The van der Waals surface area contributed by atoms with E-state index in [1.807, 2.05) is 0 Å². The second-order valence-electron chi connectivity index (χ2n) is 5.78. The Hall–Kier alpha value is -1.84. The number of aromatic nitrogens is 1. The molecule has 10 heteroatoms. The van der Waals surface area contributed by atoms with Gasteiger partial charge in [0.1, 0.15) is 4.88 Å². The molecular weight excluding hydrogens is 345 g/mol. The van der Waals surface area contributed by atoms with Gasteiger partial charge in [0.05, 0.1) is 6.20 Å². The Morgan fingerprint density at radius 1 is 0.958 bits per heavy atom. The molecule has 1 aromatic heterocycles. The van der Waals surface area contributed by atoms with Crippen molar-refractivity contribution in [3.8, 4) is 0 Å². The number of halogens is 3. The number of alkyl halides is 3. The smallest absolute Gasteiger partial charge is 0.345 e. The van der Waals surface area contributed by atoms with E-state index < -0.39 is 22.9 Å². The summed E-state index contributed by atoms with van der Waals surface area (Å²) in [6.07, 6.45) is -1.74. The number of rotatable bonds is 1. The summed E-state index contributed by atoms with van der Waals surface area (Å²) in [7, 11) is 0. The molecular formula is C14H17F3N4O2S. The lowest BCUT2D eigenvalue weighted by Crippen LogP contribution is -2.53. The first-order valence-corrected chi connectivity index (χ1v) is 8.54. The van der Waals surface area contributed by atoms with Gasteiger partial charge >= 0.3 is 18.0 Å². The average molecular weight is 362 g/mol. The van der Waals surface area contributed by atoms with Crippen molar-refractivity contribution in [1.82, 2.24) is 14.8 Å². The van der Waals surface area contributed by atoms with Crippen LogP contribution in [0.5, 0.6) is 0 Å². The third-order valence-electron chi connectivity index (χ3n) is 4.19. The molecule has 0 atom stereocenters. The summed E-state index contributed by atoms with van der Waals surface area (Å²) in [5.41, 5.74) is 0. The molecule has 6 nitrogen and oxygen atoms in total. The Morgan fingerprint density at radius 2 is 1.50 bits per heavy atom. The molecule has 0 N–H and O–H groups in total. The molecule has 0 bridgehead atoms. The number of thiazole rings is 1. The summed E-state index contributed by atoms with van der Waals surface area (Å²) in [5.74, 6) is -0.999. The first-order chi connectivity index (χ1) is 11.4. The molecule has 132 valence electrons. The van der Waals surface area contributed by atoms with Gasteiger partial charge in [-0.2, -0.15) is 13.2 Å². The van der Waals surface area contributed by atoms with Crippen molar-refractivity contribution in [3.63, 3.8) is 0 Å². The van der Waals surface area contributed by atoms with Gasteiger partial charge < -0.3 is 14.7 Å². The quantitative estimate of drug-likeness (QED) is 0.710. The number of likely N-dealkylation sites (tertiary alicyclic amines) is 1. The van der Waals surface area contributed by atoms with E-state index in [4.69, 9.17) is 0 Å². The van der Waals surface area contributed by atoms with Gasteiger partial charge in [0.2, 0.25) is 0 Å². The number of carbonyl (C=O) groups is 2. The molecule has 3 heterocycles. The molecule has 24 heavy (non-hydrogen) atoms. The number of nitrogens with zero attached hydrogens (tertiary/aromatic N) is 4. The minimum atomic E-state index is -4.39. The number of hydrogen-bond donors (Lipinski definition) is 0. The van der Waals surface area contributed by atoms with Crippen LogP contribution in [0.3, 0.4) is 0 Å². The van der Waals surface area contributed by atoms with Crippen LogP contribution in [-0.2, 0) is 15.8 Å². The van der Waals surface area contributed by atoms with Crippen LogP contribution in [0.2, 0.25) is 0 Å². The highest BCUT2D eigenvalue weighted by atomic mass is 32.1. The van der Waals surface area contributed by atoms with E-state index in [-0.39, 0.29) is 0 Å². The lowest BCUT2D eigenvalue weighted by molar-refractivity contribution is -0.151. The van der Waals surface area contributed by atoms with Gasteiger partial charge in [-0.3, -0.25) is 9.59 Å². The standard InChI is InChI=1S/C14H17F3N4O2S/c15-14(16,17)10-9-18-13(24-10)21-7-5-20(6-8-21)12(23)11(22)19-3-1-2-4-19/h9H,1-8H2. The topological polar surface area (TPSA) is 56.8 Å². The van der Waals surface area contributed by atoms with Gasteiger partial charge in [-0.25, -0.2) is 4.98 Å². The highest BCUT2D eigenvalue weighted by Crippen LogP contribution is 2.36. The highest BCUT2D eigenvalue weighted by molar-refractivity contribution is 7.15. The number of amides is 2. The second-order valence-corrected chi connectivity index (χ2v) is 6.79. The molecule has 3 rings (SSSR count). The fourth-order valence-corrected chi connectivity index (χ4v) is 3.67. The van der Waals surface area contributed by atoms with Crippen LogP contribution in [0.1, 0.15) is 17.7 Å². The maximum absolute atomic E-state index is 12.6. The van der Waals surface area contributed by atoms with E-state index in [1.165, 1.54) is 4.90 Å². The Morgan fingerprint density at radius 3 is 2.00 bits per heavy atom. The number of carbonyl (C=O) groups excluding carboxylic acids is 2. The predicted molar refractivity (Wildman–Crippen MR) is 81.7 cm³/mol. The lowest BCUT2D eigenvalue weighted by atomic mass is 10.3. The van der Waals surface area contributed by atoms with Gasteiger partial charge in [-0.1, -0.05) is 11.3 Å². The lowest BCUT2D eigenvalue weighted by Gasteiger charge is -2.34. The summed E-state index contributed by atoms with van der Waals surface area (Å²) >= 11 is 0.594. The molecule has 2 aliphatic rings. The van der Waals surface area contributed by atoms with Crippen molar-refractivity contribution in [2.45, 2.75) is 19.0 Å². The van der Waals surface area contributed by atoms with E-state index in [2.05, 4.69) is 4.98 Å². The zero-order chi connectivity index (χ0) is 17.3. The first kappa shape index (κ1) is 17.0. The van der Waals surface area contributed by atoms with Gasteiger partial charge in [0.15, 0.2) is 5.13 Å². The van der Waals surface area contributed by atoms with E-state index >= 15 is 0 Å². The normalized spacial score (nSPS) is 19.0. The molecule has 0 unspecified atom stereocenters. The SMILES string of the molecule is O=C(C(=O)N1CCN(c2ncc(C(F)(F)F)s2)CC1)N1CCCC1. The third-order valence-corrected chi connectivity index (χ3v) is 5.29. The summed E-state index contributed by atoms with van der Waals surface area (Å²) in [5, 5.41) is 0.292. The monoisotopic (exact) mass is 362 g/mol. The molecule has 2 saturated heterocycles. The molecule has 0 radical (unpaired) electrons. The Kier molecular flexibility index (Phi) is 4.66. The molecule has 2 amide bonds. The summed E-state index contributed by atoms with van der Waals surface area (Å²) in [4.78, 5) is 32.1. The van der Waals surface area contributed by atoms with E-state index in [1.54, 1.807) is 9.80 Å². The van der Waals surface area contributed by atoms with E-state index in [9.17, 15) is 22.8 Å². The Balaban J connectivity index is 1.56. The number of piperazine rings is 1. The van der Waals surface area contributed by atoms with Gasteiger partial charge in [-0.15, -0.1) is 0 Å². The highest BCUT2D eigenvalue weighted by Gasteiger charge is 2.35. The molecule has 0 aliphatic carbocycles. The molecule has 1 aromatic rings. The Labute approximate surface area is 140 Å². The Bertz CT molecular complexity index is 620. The third kappa shape index (κ3) is 3.47. The van der Waals surface area contributed by atoms with Crippen molar-refractivity contribution in [1.29, 1.82) is 0 Å². The molecule has 0 aromatic carbocycles. The van der Waals surface area contributed by atoms with Gasteiger partial charge in [0.25, 0.3) is 0 Å². The van der Waals surface area contributed by atoms with Crippen molar-refractivity contribution >= 4 is 28.3 Å². The van der Waals surface area contributed by atoms with Crippen LogP contribution >= 0.6 is 11.3 Å². The molecule has 0 spiro atoms. The van der Waals surface area contributed by atoms with Crippen molar-refractivity contribution in [2.75, 3.05) is 44.2 Å². The maximum Gasteiger partial charge on any atom is 0.427 e. The van der Waals surface area contributed by atoms with Crippen LogP contribution in [-0.4, -0.2) is 65.9 Å². The minimum Gasteiger partial charge on any atom is -0.345 e. The van der Waals surface area contributed by atoms with Crippen molar-refractivity contribution in [2.24, 2.45) is 0 Å². The first-order valence-electron chi connectivity index (χ1n) is 7.72. The number of hydrogen-bond acceptors (Lipinski definition) is 5. The predicted octanol–water partition coefficient (Wildman–Crippen LogP) is 1.43. The fraction of sp³-hybridized carbons (Fsp3) is 0.643. The van der Waals surface area contributed by atoms with Crippen LogP contribution in [0.4, 0.5) is 18.3 Å². The van der Waals surface area contributed by atoms with E-state index in [0.717, 1.165) is 19.0 Å². The molecule has 2 fully saturated rings. The average Bonchev–Trinajstić information content (AvgIpc) is 3.24. The molecule has 2 aliphatic heterocycles. The van der Waals surface area contributed by atoms with E-state index in [0.29, 0.717) is 55.7 Å². The maximum atomic E-state index is 12.6. The fourth-order valence-electron chi connectivity index (χ4n) is 2.83. The summed E-state index contributed by atoms with van der Waals surface area (Å²) < 4.78 is 37.9. The molecule has 0 saturated carbocycles. The van der Waals surface area contributed by atoms with Gasteiger partial charge in [0, 0.05) is 39.3 Å². The number of anilines is 1. The van der Waals surface area contributed by atoms with Gasteiger partial charge in [-0.05, 0) is 12.8 Å².